The van der Waals surface area contributed by atoms with Crippen molar-refractivity contribution in [2.75, 3.05) is 0 Å². The number of halogens is 1. The predicted octanol–water partition coefficient (Wildman–Crippen LogP) is 4.20. The van der Waals surface area contributed by atoms with E-state index in [1.165, 1.54) is 5.56 Å². The molecule has 1 heteroatoms. The van der Waals surface area contributed by atoms with Crippen molar-refractivity contribution in [3.8, 4) is 0 Å². The smallest absolute Gasteiger partial charge is 0.115 e. The van der Waals surface area contributed by atoms with Gasteiger partial charge in [0, 0.05) is 0 Å². The molecule has 1 aromatic carbocycles. The Kier molecular flexibility index (Phi) is 3.45. The molecule has 0 N–H and O–H groups in total. The van der Waals surface area contributed by atoms with Gasteiger partial charge in [0.1, 0.15) is 6.67 Å². The summed E-state index contributed by atoms with van der Waals surface area (Å²) in [6.45, 7) is 7.69. The Morgan fingerprint density at radius 3 is 2.36 bits per heavy atom. The second kappa shape index (κ2) is 4.41. The fourth-order valence-electron chi connectivity index (χ4n) is 1.51. The molecule has 0 spiro atoms. The number of allylic oxidation sites excluding steroid dienone is 2. The van der Waals surface area contributed by atoms with Crippen molar-refractivity contribution in [2.45, 2.75) is 34.4 Å². The Bertz CT molecular complexity index is 362. The summed E-state index contributed by atoms with van der Waals surface area (Å²) in [5.41, 5.74) is 5.35. The van der Waals surface area contributed by atoms with Crippen molar-refractivity contribution in [1.82, 2.24) is 0 Å². The van der Waals surface area contributed by atoms with E-state index in [-0.39, 0.29) is 6.67 Å². The van der Waals surface area contributed by atoms with E-state index in [0.29, 0.717) is 0 Å². The monoisotopic (exact) mass is 192 g/mol. The van der Waals surface area contributed by atoms with E-state index in [0.717, 1.165) is 22.3 Å². The first-order valence-electron chi connectivity index (χ1n) is 4.89. The maximum Gasteiger partial charge on any atom is 0.115 e. The molecule has 0 unspecified atom stereocenters. The van der Waals surface area contributed by atoms with Gasteiger partial charge in [0.2, 0.25) is 0 Å². The van der Waals surface area contributed by atoms with Gasteiger partial charge in [0.15, 0.2) is 0 Å². The molecule has 0 saturated carbocycles. The van der Waals surface area contributed by atoms with E-state index >= 15 is 0 Å². The van der Waals surface area contributed by atoms with Gasteiger partial charge in [0.05, 0.1) is 0 Å². The molecular weight excluding hydrogens is 175 g/mol. The number of hydrogen-bond donors (Lipinski definition) is 0. The van der Waals surface area contributed by atoms with Crippen LogP contribution < -0.4 is 0 Å². The van der Waals surface area contributed by atoms with Crippen LogP contribution in [0, 0.1) is 13.8 Å². The van der Waals surface area contributed by atoms with Crippen molar-refractivity contribution < 1.29 is 4.39 Å². The Morgan fingerprint density at radius 1 is 1.29 bits per heavy atom. The third-order valence-corrected chi connectivity index (χ3v) is 2.72. The minimum Gasteiger partial charge on any atom is -0.246 e. The highest BCUT2D eigenvalue weighted by atomic mass is 19.1. The van der Waals surface area contributed by atoms with E-state index in [9.17, 15) is 4.39 Å². The molecule has 0 amide bonds. The summed E-state index contributed by atoms with van der Waals surface area (Å²) in [4.78, 5) is 0. The first-order valence-corrected chi connectivity index (χ1v) is 4.89. The Morgan fingerprint density at radius 2 is 1.86 bits per heavy atom. The van der Waals surface area contributed by atoms with Crippen LogP contribution in [0.1, 0.15) is 36.1 Å². The number of hydrogen-bond acceptors (Lipinski definition) is 0. The Hall–Kier alpha value is -1.11. The largest absolute Gasteiger partial charge is 0.246 e. The van der Waals surface area contributed by atoms with Gasteiger partial charge in [-0.05, 0) is 55.5 Å². The topological polar surface area (TPSA) is 0 Å². The van der Waals surface area contributed by atoms with Crippen LogP contribution in [0.2, 0.25) is 0 Å². The number of rotatable bonds is 2. The lowest BCUT2D eigenvalue weighted by molar-refractivity contribution is 0.484. The quantitative estimate of drug-likeness (QED) is 0.659. The van der Waals surface area contributed by atoms with Gasteiger partial charge in [-0.15, -0.1) is 0 Å². The van der Waals surface area contributed by atoms with Crippen LogP contribution in [0.4, 0.5) is 4.39 Å². The van der Waals surface area contributed by atoms with Crippen LogP contribution in [-0.2, 0) is 6.67 Å². The first-order chi connectivity index (χ1) is 6.60. The first kappa shape index (κ1) is 11.0. The minimum absolute atomic E-state index is 0.387. The van der Waals surface area contributed by atoms with Crippen LogP contribution in [0.5, 0.6) is 0 Å². The molecule has 0 saturated heterocycles. The lowest BCUT2D eigenvalue weighted by atomic mass is 9.96. The molecule has 1 rings (SSSR count). The fourth-order valence-corrected chi connectivity index (χ4v) is 1.51. The van der Waals surface area contributed by atoms with Gasteiger partial charge in [0.25, 0.3) is 0 Å². The summed E-state index contributed by atoms with van der Waals surface area (Å²) in [7, 11) is 0. The zero-order valence-electron chi connectivity index (χ0n) is 9.32. The molecule has 0 atom stereocenters. The van der Waals surface area contributed by atoms with Crippen molar-refractivity contribution in [2.24, 2.45) is 0 Å². The van der Waals surface area contributed by atoms with Crippen molar-refractivity contribution in [3.63, 3.8) is 0 Å². The zero-order valence-corrected chi connectivity index (χ0v) is 9.32. The number of benzene rings is 1. The summed E-state index contributed by atoms with van der Waals surface area (Å²) in [5, 5.41) is 0. The normalized spacial score (nSPS) is 11.9. The van der Waals surface area contributed by atoms with Gasteiger partial charge < -0.3 is 0 Å². The highest BCUT2D eigenvalue weighted by molar-refractivity contribution is 5.67. The SMILES string of the molecule is C/C=C(\C)c1cc(C)c(C)cc1CF. The Balaban J connectivity index is 3.34. The molecule has 0 aliphatic carbocycles. The number of alkyl halides is 1. The third kappa shape index (κ3) is 2.03. The van der Waals surface area contributed by atoms with Gasteiger partial charge in [-0.25, -0.2) is 4.39 Å². The summed E-state index contributed by atoms with van der Waals surface area (Å²) >= 11 is 0. The summed E-state index contributed by atoms with van der Waals surface area (Å²) < 4.78 is 12.8. The average Bonchev–Trinajstić information content (AvgIpc) is 2.20. The molecule has 0 nitrogen and oxygen atoms in total. The van der Waals surface area contributed by atoms with Crippen molar-refractivity contribution >= 4 is 5.57 Å². The maximum atomic E-state index is 12.8. The fraction of sp³-hybridized carbons (Fsp3) is 0.385. The summed E-state index contributed by atoms with van der Waals surface area (Å²) in [6, 6.07) is 4.01. The molecule has 0 aliphatic rings. The second-order valence-corrected chi connectivity index (χ2v) is 3.70. The van der Waals surface area contributed by atoms with Gasteiger partial charge in [-0.2, -0.15) is 0 Å². The molecule has 0 aliphatic heterocycles. The van der Waals surface area contributed by atoms with E-state index in [1.54, 1.807) is 0 Å². The molecule has 76 valence electrons. The second-order valence-electron chi connectivity index (χ2n) is 3.70. The maximum absolute atomic E-state index is 12.8. The standard InChI is InChI=1S/C13H17F/c1-5-9(2)13-7-11(4)10(3)6-12(13)8-14/h5-7H,8H2,1-4H3/b9-5+. The van der Waals surface area contributed by atoms with Crippen LogP contribution in [-0.4, -0.2) is 0 Å². The van der Waals surface area contributed by atoms with Gasteiger partial charge in [-0.1, -0.05) is 18.2 Å². The van der Waals surface area contributed by atoms with E-state index in [1.807, 2.05) is 32.9 Å². The Labute approximate surface area is 85.5 Å². The van der Waals surface area contributed by atoms with Crippen molar-refractivity contribution in [3.05, 3.63) is 40.5 Å². The highest BCUT2D eigenvalue weighted by Gasteiger charge is 2.06. The van der Waals surface area contributed by atoms with Crippen LogP contribution in [0.3, 0.4) is 0 Å². The predicted molar refractivity (Wildman–Crippen MR) is 60.1 cm³/mol. The lowest BCUT2D eigenvalue weighted by Crippen LogP contribution is -1.93. The molecular formula is C13H17F. The highest BCUT2D eigenvalue weighted by Crippen LogP contribution is 2.23. The van der Waals surface area contributed by atoms with Crippen molar-refractivity contribution in [1.29, 1.82) is 0 Å². The molecule has 0 bridgehead atoms. The molecule has 1 aromatic rings. The third-order valence-electron chi connectivity index (χ3n) is 2.72. The zero-order chi connectivity index (χ0) is 10.7. The summed E-state index contributed by atoms with van der Waals surface area (Å²) in [5.74, 6) is 0. The molecule has 0 aromatic heterocycles. The minimum atomic E-state index is -0.387. The van der Waals surface area contributed by atoms with E-state index in [4.69, 9.17) is 0 Å². The van der Waals surface area contributed by atoms with Crippen LogP contribution in [0.15, 0.2) is 18.2 Å². The molecule has 0 fully saturated rings. The van der Waals surface area contributed by atoms with Gasteiger partial charge >= 0.3 is 0 Å². The number of aryl methyl sites for hydroxylation is 2. The molecule has 0 heterocycles. The molecule has 14 heavy (non-hydrogen) atoms. The van der Waals surface area contributed by atoms with Crippen LogP contribution in [0.25, 0.3) is 5.57 Å². The van der Waals surface area contributed by atoms with E-state index in [2.05, 4.69) is 13.0 Å². The average molecular weight is 192 g/mol. The van der Waals surface area contributed by atoms with Gasteiger partial charge in [-0.3, -0.25) is 0 Å². The molecule has 0 radical (unpaired) electrons. The lowest BCUT2D eigenvalue weighted by Gasteiger charge is -2.10. The van der Waals surface area contributed by atoms with E-state index < -0.39 is 0 Å². The van der Waals surface area contributed by atoms with Crippen LogP contribution >= 0.6 is 0 Å². The summed E-state index contributed by atoms with van der Waals surface area (Å²) in [6.07, 6.45) is 2.02.